The monoisotopic (exact) mass is 469 g/mol. The lowest BCUT2D eigenvalue weighted by Crippen LogP contribution is -2.57. The van der Waals surface area contributed by atoms with Crippen LogP contribution in [0, 0.1) is 22.7 Å². The van der Waals surface area contributed by atoms with Gasteiger partial charge in [-0.15, -0.1) is 0 Å². The first kappa shape index (κ1) is 24.5. The van der Waals surface area contributed by atoms with E-state index in [1.54, 1.807) is 24.3 Å². The highest BCUT2D eigenvalue weighted by Crippen LogP contribution is 2.61. The van der Waals surface area contributed by atoms with Gasteiger partial charge in [0.1, 0.15) is 6.61 Å². The second-order valence-corrected chi connectivity index (χ2v) is 10.4. The van der Waals surface area contributed by atoms with Crippen molar-refractivity contribution < 1.29 is 29.3 Å². The normalized spacial score (nSPS) is 36.6. The maximum Gasteiger partial charge on any atom is 0.412 e. The largest absolute Gasteiger partial charge is 0.458 e. The number of amides is 1. The molecule has 7 heteroatoms. The number of carbonyl (C=O) groups is 2. The van der Waals surface area contributed by atoms with Gasteiger partial charge in [-0.1, -0.05) is 50.3 Å². The first-order valence-corrected chi connectivity index (χ1v) is 12.1. The van der Waals surface area contributed by atoms with Gasteiger partial charge in [0, 0.05) is 11.1 Å². The number of aliphatic hydroxyl groups excluding tert-OH is 2. The highest BCUT2D eigenvalue weighted by molar-refractivity contribution is 5.93. The molecule has 3 aliphatic rings. The van der Waals surface area contributed by atoms with Gasteiger partial charge in [-0.3, -0.25) is 5.32 Å². The van der Waals surface area contributed by atoms with Gasteiger partial charge in [0.25, 0.3) is 0 Å². The predicted molar refractivity (Wildman–Crippen MR) is 128 cm³/mol. The number of rotatable bonds is 5. The van der Waals surface area contributed by atoms with Crippen molar-refractivity contribution in [2.24, 2.45) is 22.7 Å². The number of nitrogens with one attached hydrogen (secondary N) is 1. The van der Waals surface area contributed by atoms with E-state index in [4.69, 9.17) is 9.47 Å². The van der Waals surface area contributed by atoms with Crippen LogP contribution in [0.15, 0.2) is 54.1 Å². The number of hydrogen-bond acceptors (Lipinski definition) is 6. The summed E-state index contributed by atoms with van der Waals surface area (Å²) in [6.45, 7) is 8.47. The van der Waals surface area contributed by atoms with Crippen molar-refractivity contribution in [3.63, 3.8) is 0 Å². The van der Waals surface area contributed by atoms with E-state index in [1.807, 2.05) is 19.1 Å². The SMILES string of the molecule is C=C1CCC2[C@](C)(CO)[C@H](O)CC[C@]2(C)[C@H]1CC=C1C(=O)OC[C@H]1OC(=O)Nc1ccccc1. The van der Waals surface area contributed by atoms with E-state index in [1.165, 1.54) is 0 Å². The average Bonchev–Trinajstić information content (AvgIpc) is 3.15. The summed E-state index contributed by atoms with van der Waals surface area (Å²) in [5.41, 5.74) is 1.35. The van der Waals surface area contributed by atoms with Crippen molar-refractivity contribution in [2.45, 2.75) is 58.2 Å². The Kier molecular flexibility index (Phi) is 6.87. The molecule has 6 atom stereocenters. The number of cyclic esters (lactones) is 1. The molecule has 1 amide bonds. The van der Waals surface area contributed by atoms with Crippen LogP contribution in [-0.2, 0) is 14.3 Å². The van der Waals surface area contributed by atoms with Crippen LogP contribution in [0.4, 0.5) is 10.5 Å². The number of allylic oxidation sites excluding steroid dienone is 2. The minimum Gasteiger partial charge on any atom is -0.458 e. The van der Waals surface area contributed by atoms with Crippen molar-refractivity contribution >= 4 is 17.7 Å². The molecule has 1 saturated heterocycles. The van der Waals surface area contributed by atoms with Crippen molar-refractivity contribution in [3.05, 3.63) is 54.1 Å². The Balaban J connectivity index is 1.50. The Labute approximate surface area is 200 Å². The van der Waals surface area contributed by atoms with Crippen LogP contribution in [0.3, 0.4) is 0 Å². The van der Waals surface area contributed by atoms with Crippen LogP contribution in [0.2, 0.25) is 0 Å². The molecule has 4 rings (SSSR count). The molecule has 1 aliphatic heterocycles. The number of benzene rings is 1. The number of carbonyl (C=O) groups excluding carboxylic acids is 2. The second-order valence-electron chi connectivity index (χ2n) is 10.4. The zero-order chi connectivity index (χ0) is 24.5. The molecule has 0 bridgehead atoms. The fraction of sp³-hybridized carbons (Fsp3) is 0.556. The molecule has 2 aliphatic carbocycles. The highest BCUT2D eigenvalue weighted by Gasteiger charge is 2.57. The van der Waals surface area contributed by atoms with Crippen molar-refractivity contribution in [2.75, 3.05) is 18.5 Å². The van der Waals surface area contributed by atoms with E-state index in [2.05, 4.69) is 18.8 Å². The Bertz CT molecular complexity index is 975. The number of hydrogen-bond donors (Lipinski definition) is 3. The number of para-hydroxylation sites is 1. The predicted octanol–water partition coefficient (Wildman–Crippen LogP) is 4.22. The lowest BCUT2D eigenvalue weighted by Gasteiger charge is -2.59. The number of fused-ring (bicyclic) bond motifs is 1. The smallest absolute Gasteiger partial charge is 0.412 e. The molecule has 7 nitrogen and oxygen atoms in total. The summed E-state index contributed by atoms with van der Waals surface area (Å²) < 4.78 is 10.7. The molecule has 0 radical (unpaired) electrons. The topological polar surface area (TPSA) is 105 Å². The lowest BCUT2D eigenvalue weighted by molar-refractivity contribution is -0.151. The zero-order valence-corrected chi connectivity index (χ0v) is 20.0. The van der Waals surface area contributed by atoms with Crippen LogP contribution in [0.5, 0.6) is 0 Å². The van der Waals surface area contributed by atoms with Gasteiger partial charge in [-0.25, -0.2) is 9.59 Å². The standard InChI is InChI=1S/C27H35NO6/c1-17-9-12-22-26(2,14-13-23(30)27(22,3)16-29)20(17)11-10-19-21(15-33-24(19)31)34-25(32)28-18-7-5-4-6-8-18/h4-8,10,20-23,29-30H,1,9,11-16H2,2-3H3,(H,28,32)/t20-,21+,22?,23+,26+,27-/m0/s1. The first-order chi connectivity index (χ1) is 16.2. The average molecular weight is 470 g/mol. The number of anilines is 1. The Morgan fingerprint density at radius 3 is 2.74 bits per heavy atom. The minimum absolute atomic E-state index is 0.00679. The van der Waals surface area contributed by atoms with Crippen molar-refractivity contribution in [3.8, 4) is 0 Å². The summed E-state index contributed by atoms with van der Waals surface area (Å²) in [7, 11) is 0. The molecule has 184 valence electrons. The van der Waals surface area contributed by atoms with Gasteiger partial charge in [-0.05, 0) is 61.5 Å². The quantitative estimate of drug-likeness (QED) is 0.339. The summed E-state index contributed by atoms with van der Waals surface area (Å²) in [6, 6.07) is 8.96. The first-order valence-electron chi connectivity index (χ1n) is 12.1. The highest BCUT2D eigenvalue weighted by atomic mass is 16.6. The van der Waals surface area contributed by atoms with Gasteiger partial charge in [0.05, 0.1) is 18.3 Å². The van der Waals surface area contributed by atoms with Crippen molar-refractivity contribution in [1.29, 1.82) is 0 Å². The Hall–Kier alpha value is -2.64. The lowest BCUT2D eigenvalue weighted by atomic mass is 9.46. The minimum atomic E-state index is -0.771. The second kappa shape index (κ2) is 9.55. The molecule has 1 heterocycles. The molecule has 1 aromatic rings. The van der Waals surface area contributed by atoms with E-state index >= 15 is 0 Å². The summed E-state index contributed by atoms with van der Waals surface area (Å²) in [5, 5.41) is 23.5. The number of aliphatic hydroxyl groups is 2. The molecule has 2 saturated carbocycles. The fourth-order valence-electron chi connectivity index (χ4n) is 6.45. The third kappa shape index (κ3) is 4.39. The van der Waals surface area contributed by atoms with Gasteiger partial charge in [-0.2, -0.15) is 0 Å². The molecule has 3 N–H and O–H groups in total. The van der Waals surface area contributed by atoms with Gasteiger partial charge < -0.3 is 19.7 Å². The van der Waals surface area contributed by atoms with Gasteiger partial charge >= 0.3 is 12.1 Å². The molecular formula is C27H35NO6. The number of esters is 1. The maximum absolute atomic E-state index is 12.4. The summed E-state index contributed by atoms with van der Waals surface area (Å²) in [5.74, 6) is -0.244. The molecule has 0 aromatic heterocycles. The fourth-order valence-corrected chi connectivity index (χ4v) is 6.45. The van der Waals surface area contributed by atoms with E-state index in [-0.39, 0.29) is 30.5 Å². The van der Waals surface area contributed by atoms with Gasteiger partial charge in [0.15, 0.2) is 6.10 Å². The van der Waals surface area contributed by atoms with Crippen LogP contribution >= 0.6 is 0 Å². The van der Waals surface area contributed by atoms with Gasteiger partial charge in [0.2, 0.25) is 0 Å². The zero-order valence-electron chi connectivity index (χ0n) is 20.0. The van der Waals surface area contributed by atoms with Crippen LogP contribution < -0.4 is 5.32 Å². The molecule has 34 heavy (non-hydrogen) atoms. The van der Waals surface area contributed by atoms with Crippen LogP contribution in [0.1, 0.15) is 46.0 Å². The van der Waals surface area contributed by atoms with E-state index in [9.17, 15) is 19.8 Å². The van der Waals surface area contributed by atoms with E-state index < -0.39 is 29.7 Å². The summed E-state index contributed by atoms with van der Waals surface area (Å²) >= 11 is 0. The molecular weight excluding hydrogens is 434 g/mol. The number of ether oxygens (including phenoxy) is 2. The Morgan fingerprint density at radius 1 is 1.29 bits per heavy atom. The van der Waals surface area contributed by atoms with Crippen molar-refractivity contribution in [1.82, 2.24) is 0 Å². The maximum atomic E-state index is 12.4. The summed E-state index contributed by atoms with van der Waals surface area (Å²) in [6.07, 6.45) is 3.59. The van der Waals surface area contributed by atoms with Crippen LogP contribution in [-0.4, -0.2) is 47.7 Å². The molecule has 0 spiro atoms. The van der Waals surface area contributed by atoms with Crippen LogP contribution in [0.25, 0.3) is 0 Å². The molecule has 3 fully saturated rings. The van der Waals surface area contributed by atoms with E-state index in [0.29, 0.717) is 24.1 Å². The Morgan fingerprint density at radius 2 is 2.03 bits per heavy atom. The molecule has 1 unspecified atom stereocenters. The molecule has 1 aromatic carbocycles. The third-order valence-electron chi connectivity index (χ3n) is 8.48. The summed E-state index contributed by atoms with van der Waals surface area (Å²) in [4.78, 5) is 24.8. The third-order valence-corrected chi connectivity index (χ3v) is 8.48. The van der Waals surface area contributed by atoms with E-state index in [0.717, 1.165) is 24.8 Å².